The van der Waals surface area contributed by atoms with Gasteiger partial charge >= 0.3 is 0 Å². The van der Waals surface area contributed by atoms with E-state index in [1.165, 1.54) is 70.6 Å². The van der Waals surface area contributed by atoms with Crippen LogP contribution in [0.15, 0.2) is 30.6 Å². The fourth-order valence-electron chi connectivity index (χ4n) is 4.20. The lowest BCUT2D eigenvalue weighted by molar-refractivity contribution is 0.588. The van der Waals surface area contributed by atoms with Crippen molar-refractivity contribution in [3.8, 4) is 10.4 Å². The maximum absolute atomic E-state index is 14.8. The fraction of sp³-hybridized carbons (Fsp3) is 0.593. The Morgan fingerprint density at radius 3 is 2.10 bits per heavy atom. The van der Waals surface area contributed by atoms with Gasteiger partial charge in [0.1, 0.15) is 5.82 Å². The molecule has 2 nitrogen and oxygen atoms in total. The molecule has 0 atom stereocenters. The molecule has 0 aliphatic rings. The van der Waals surface area contributed by atoms with Gasteiger partial charge in [0, 0.05) is 18.0 Å². The van der Waals surface area contributed by atoms with Crippen LogP contribution in [-0.2, 0) is 12.8 Å². The average Bonchev–Trinajstić information content (AvgIpc) is 3.32. The molecule has 0 aliphatic heterocycles. The number of aromatic nitrogens is 2. The maximum atomic E-state index is 14.8. The Bertz CT molecular complexity index is 880. The van der Waals surface area contributed by atoms with Crippen LogP contribution in [0.4, 0.5) is 4.39 Å². The summed E-state index contributed by atoms with van der Waals surface area (Å²) in [6, 6.07) is 5.76. The van der Waals surface area contributed by atoms with Gasteiger partial charge in [0.2, 0.25) is 0 Å². The minimum Gasteiger partial charge on any atom is -0.297 e. The molecular weight excluding hydrogens is 403 g/mol. The molecule has 0 fully saturated rings. The van der Waals surface area contributed by atoms with E-state index in [-0.39, 0.29) is 5.82 Å². The number of unbranched alkanes of at least 4 members (excludes halogenated alkanes) is 10. The molecule has 31 heavy (non-hydrogen) atoms. The number of hydrogen-bond acceptors (Lipinski definition) is 2. The van der Waals surface area contributed by atoms with Crippen molar-refractivity contribution >= 4 is 16.3 Å². The quantitative estimate of drug-likeness (QED) is 0.215. The lowest BCUT2D eigenvalue weighted by Crippen LogP contribution is -1.90. The van der Waals surface area contributed by atoms with Crippen molar-refractivity contribution < 1.29 is 4.39 Å². The third kappa shape index (κ3) is 7.45. The summed E-state index contributed by atoms with van der Waals surface area (Å²) in [7, 11) is 0. The van der Waals surface area contributed by atoms with Crippen LogP contribution in [-0.4, -0.2) is 9.38 Å². The van der Waals surface area contributed by atoms with Gasteiger partial charge < -0.3 is 0 Å². The highest BCUT2D eigenvalue weighted by Crippen LogP contribution is 2.31. The summed E-state index contributed by atoms with van der Waals surface area (Å²) in [5.41, 5.74) is 2.96. The molecular formula is C27H39FN2S. The van der Waals surface area contributed by atoms with E-state index in [9.17, 15) is 4.39 Å². The normalized spacial score (nSPS) is 11.6. The van der Waals surface area contributed by atoms with Crippen molar-refractivity contribution in [2.45, 2.75) is 104 Å². The lowest BCUT2D eigenvalue weighted by Gasteiger charge is -2.05. The van der Waals surface area contributed by atoms with Gasteiger partial charge in [-0.05, 0) is 37.3 Å². The van der Waals surface area contributed by atoms with Crippen molar-refractivity contribution in [3.05, 3.63) is 47.7 Å². The first kappa shape index (κ1) is 24.0. The molecule has 2 aromatic heterocycles. The Morgan fingerprint density at radius 2 is 1.45 bits per heavy atom. The third-order valence-electron chi connectivity index (χ3n) is 6.11. The molecule has 0 saturated heterocycles. The zero-order valence-corrected chi connectivity index (χ0v) is 20.3. The summed E-state index contributed by atoms with van der Waals surface area (Å²) in [5, 5.41) is 0. The SMILES string of the molecule is CCCCCCCCCc1cn2cc(-c3ccc(CCCCCCC)cc3F)sc2n1. The molecule has 1 aromatic carbocycles. The first-order chi connectivity index (χ1) is 15.2. The van der Waals surface area contributed by atoms with Crippen molar-refractivity contribution in [1.82, 2.24) is 9.38 Å². The highest BCUT2D eigenvalue weighted by atomic mass is 32.1. The van der Waals surface area contributed by atoms with Gasteiger partial charge in [0.05, 0.1) is 10.6 Å². The summed E-state index contributed by atoms with van der Waals surface area (Å²) >= 11 is 1.58. The summed E-state index contributed by atoms with van der Waals surface area (Å²) in [6.45, 7) is 4.49. The monoisotopic (exact) mass is 442 g/mol. The molecule has 0 amide bonds. The molecule has 170 valence electrons. The number of halogens is 1. The number of aryl methyl sites for hydroxylation is 2. The summed E-state index contributed by atoms with van der Waals surface area (Å²) in [4.78, 5) is 6.70. The largest absolute Gasteiger partial charge is 0.297 e. The molecule has 2 heterocycles. The zero-order chi connectivity index (χ0) is 21.9. The molecule has 0 aliphatic carbocycles. The van der Waals surface area contributed by atoms with Gasteiger partial charge in [0.25, 0.3) is 0 Å². The smallest absolute Gasteiger partial charge is 0.194 e. The van der Waals surface area contributed by atoms with Crippen LogP contribution in [0.2, 0.25) is 0 Å². The van der Waals surface area contributed by atoms with Gasteiger partial charge in [-0.1, -0.05) is 102 Å². The van der Waals surface area contributed by atoms with Crippen LogP contribution in [0.3, 0.4) is 0 Å². The standard InChI is InChI=1S/C27H39FN2S/c1-3-5-7-9-10-12-14-16-23-20-30-21-26(31-27(30)29-23)24-18-17-22(19-25(24)28)15-13-11-8-6-4-2/h17-21H,3-16H2,1-2H3. The second-order valence-corrected chi connectivity index (χ2v) is 9.88. The number of benzene rings is 1. The molecule has 0 bridgehead atoms. The maximum Gasteiger partial charge on any atom is 0.194 e. The Kier molecular flexibility index (Phi) is 10.1. The van der Waals surface area contributed by atoms with E-state index < -0.39 is 0 Å². The molecule has 0 N–H and O–H groups in total. The number of rotatable bonds is 15. The number of fused-ring (bicyclic) bond motifs is 1. The first-order valence-corrected chi connectivity index (χ1v) is 13.3. The Balaban J connectivity index is 1.50. The van der Waals surface area contributed by atoms with Gasteiger partial charge in [-0.3, -0.25) is 4.40 Å². The number of imidazole rings is 1. The topological polar surface area (TPSA) is 17.3 Å². The highest BCUT2D eigenvalue weighted by Gasteiger charge is 2.12. The average molecular weight is 443 g/mol. The second-order valence-electron chi connectivity index (χ2n) is 8.87. The molecule has 3 rings (SSSR count). The van der Waals surface area contributed by atoms with Crippen LogP contribution in [0, 0.1) is 5.82 Å². The van der Waals surface area contributed by atoms with E-state index in [0.29, 0.717) is 5.56 Å². The van der Waals surface area contributed by atoms with E-state index in [2.05, 4.69) is 30.5 Å². The molecule has 0 unspecified atom stereocenters. The highest BCUT2D eigenvalue weighted by molar-refractivity contribution is 7.20. The van der Waals surface area contributed by atoms with Crippen LogP contribution >= 0.6 is 11.3 Å². The van der Waals surface area contributed by atoms with Crippen LogP contribution in [0.1, 0.15) is 102 Å². The Labute approximate surface area is 191 Å². The third-order valence-corrected chi connectivity index (χ3v) is 7.14. The van der Waals surface area contributed by atoms with Crippen molar-refractivity contribution in [1.29, 1.82) is 0 Å². The Hall–Kier alpha value is -1.68. The van der Waals surface area contributed by atoms with Crippen molar-refractivity contribution in [2.75, 3.05) is 0 Å². The predicted molar refractivity (Wildman–Crippen MR) is 133 cm³/mol. The molecule has 0 spiro atoms. The van der Waals surface area contributed by atoms with Gasteiger partial charge in [0.15, 0.2) is 4.96 Å². The van der Waals surface area contributed by atoms with Gasteiger partial charge in [-0.25, -0.2) is 9.37 Å². The van der Waals surface area contributed by atoms with E-state index in [1.54, 1.807) is 17.4 Å². The van der Waals surface area contributed by atoms with Gasteiger partial charge in [-0.2, -0.15) is 0 Å². The number of thiazole rings is 1. The fourth-order valence-corrected chi connectivity index (χ4v) is 5.21. The van der Waals surface area contributed by atoms with E-state index in [0.717, 1.165) is 40.4 Å². The minimum atomic E-state index is -0.112. The van der Waals surface area contributed by atoms with Crippen LogP contribution in [0.25, 0.3) is 15.4 Å². The minimum absolute atomic E-state index is 0.112. The predicted octanol–water partition coefficient (Wildman–Crippen LogP) is 9.01. The molecule has 3 aromatic rings. The Morgan fingerprint density at radius 1 is 0.806 bits per heavy atom. The lowest BCUT2D eigenvalue weighted by atomic mass is 10.0. The summed E-state index contributed by atoms with van der Waals surface area (Å²) in [6.07, 6.45) is 21.6. The van der Waals surface area contributed by atoms with Crippen molar-refractivity contribution in [2.24, 2.45) is 0 Å². The molecule has 0 radical (unpaired) electrons. The summed E-state index contributed by atoms with van der Waals surface area (Å²) in [5.74, 6) is -0.112. The molecule has 0 saturated carbocycles. The van der Waals surface area contributed by atoms with Crippen LogP contribution in [0.5, 0.6) is 0 Å². The van der Waals surface area contributed by atoms with Crippen molar-refractivity contribution in [3.63, 3.8) is 0 Å². The summed E-state index contributed by atoms with van der Waals surface area (Å²) < 4.78 is 16.8. The van der Waals surface area contributed by atoms with Crippen LogP contribution < -0.4 is 0 Å². The van der Waals surface area contributed by atoms with E-state index in [4.69, 9.17) is 4.98 Å². The van der Waals surface area contributed by atoms with E-state index in [1.807, 2.05) is 12.3 Å². The van der Waals surface area contributed by atoms with E-state index >= 15 is 0 Å². The first-order valence-electron chi connectivity index (χ1n) is 12.5. The zero-order valence-electron chi connectivity index (χ0n) is 19.5. The van der Waals surface area contributed by atoms with Gasteiger partial charge in [-0.15, -0.1) is 0 Å². The second kappa shape index (κ2) is 13.0. The number of nitrogens with zero attached hydrogens (tertiary/aromatic N) is 2. The number of hydrogen-bond donors (Lipinski definition) is 0. The molecule has 4 heteroatoms.